The van der Waals surface area contributed by atoms with E-state index in [2.05, 4.69) is 252 Å². The largest absolute Gasteiger partial charge is 0.316 e. The highest BCUT2D eigenvalue weighted by Gasteiger charge is 2.24. The Kier molecular flexibility index (Phi) is 8.11. The summed E-state index contributed by atoms with van der Waals surface area (Å²) in [4.78, 5) is 0. The molecule has 0 radical (unpaired) electrons. The third kappa shape index (κ3) is 5.46. The summed E-state index contributed by atoms with van der Waals surface area (Å²) in [5, 5.41) is 15.2. The molecule has 0 aliphatic heterocycles. The fraction of sp³-hybridized carbons (Fsp3) is 0.0312. The first kappa shape index (κ1) is 37.7. The second kappa shape index (κ2) is 14.4. The molecule has 0 unspecified atom stereocenters. The maximum Gasteiger partial charge on any atom is 0.0641 e. The molecule has 3 heteroatoms. The Hall–Kier alpha value is -8.66. The SMILES string of the molecule is Cc1ccc2ccccc2c1-c1c(C)c2ccccc2c2ccn(-c3ccc(-c4ccc(-n5ccc6c7ccccc7c7c(c8ccc9ccccc9c8n7-c7ccccc7)c65)cc4)cc3)c12. The van der Waals surface area contributed by atoms with Crippen molar-refractivity contribution < 1.29 is 0 Å². The molecule has 67 heavy (non-hydrogen) atoms. The third-order valence-electron chi connectivity index (χ3n) is 14.6. The molecule has 0 saturated carbocycles. The van der Waals surface area contributed by atoms with Crippen LogP contribution >= 0.6 is 0 Å². The molecule has 14 rings (SSSR count). The summed E-state index contributed by atoms with van der Waals surface area (Å²) in [6.07, 6.45) is 4.51. The number of nitrogens with zero attached hydrogens (tertiary/aromatic N) is 3. The molecule has 0 aliphatic carbocycles. The molecule has 0 bridgehead atoms. The van der Waals surface area contributed by atoms with Crippen molar-refractivity contribution in [2.45, 2.75) is 13.8 Å². The first-order chi connectivity index (χ1) is 33.1. The highest BCUT2D eigenvalue weighted by molar-refractivity contribution is 6.34. The Balaban J connectivity index is 0.911. The number of para-hydroxylation sites is 1. The second-order valence-corrected chi connectivity index (χ2v) is 18.1. The number of hydrogen-bond acceptors (Lipinski definition) is 0. The van der Waals surface area contributed by atoms with Crippen molar-refractivity contribution >= 4 is 86.7 Å². The molecule has 0 aliphatic rings. The zero-order valence-electron chi connectivity index (χ0n) is 37.2. The Bertz CT molecular complexity index is 4310. The normalized spacial score (nSPS) is 12.0. The van der Waals surface area contributed by atoms with Gasteiger partial charge in [-0.2, -0.15) is 0 Å². The first-order valence-corrected chi connectivity index (χ1v) is 23.3. The predicted octanol–water partition coefficient (Wildman–Crippen LogP) is 17.2. The molecule has 3 aromatic heterocycles. The first-order valence-electron chi connectivity index (χ1n) is 23.3. The van der Waals surface area contributed by atoms with Gasteiger partial charge in [0, 0.05) is 67.3 Å². The number of aromatic nitrogens is 3. The van der Waals surface area contributed by atoms with Crippen LogP contribution in [0.3, 0.4) is 0 Å². The average Bonchev–Trinajstić information content (AvgIpc) is 4.13. The van der Waals surface area contributed by atoms with Crippen molar-refractivity contribution in [3.05, 3.63) is 236 Å². The molecule has 3 heterocycles. The van der Waals surface area contributed by atoms with Crippen LogP contribution in [-0.2, 0) is 0 Å². The molecule has 0 atom stereocenters. The monoisotopic (exact) mass is 853 g/mol. The van der Waals surface area contributed by atoms with Gasteiger partial charge in [-0.15, -0.1) is 0 Å². The van der Waals surface area contributed by atoms with Crippen LogP contribution in [0, 0.1) is 13.8 Å². The predicted molar refractivity (Wildman–Crippen MR) is 285 cm³/mol. The van der Waals surface area contributed by atoms with E-state index in [0.29, 0.717) is 0 Å². The summed E-state index contributed by atoms with van der Waals surface area (Å²) >= 11 is 0. The Morgan fingerprint density at radius 3 is 1.45 bits per heavy atom. The van der Waals surface area contributed by atoms with Gasteiger partial charge in [-0.1, -0.05) is 164 Å². The summed E-state index contributed by atoms with van der Waals surface area (Å²) in [6, 6.07) is 78.2. The maximum absolute atomic E-state index is 2.50. The van der Waals surface area contributed by atoms with E-state index in [0.717, 1.165) is 17.1 Å². The van der Waals surface area contributed by atoms with E-state index in [1.807, 2.05) is 0 Å². The van der Waals surface area contributed by atoms with Gasteiger partial charge in [0.05, 0.1) is 22.1 Å². The highest BCUT2D eigenvalue weighted by Crippen LogP contribution is 2.47. The lowest BCUT2D eigenvalue weighted by Gasteiger charge is -2.19. The van der Waals surface area contributed by atoms with Crippen molar-refractivity contribution in [2.24, 2.45) is 0 Å². The van der Waals surface area contributed by atoms with Gasteiger partial charge in [-0.3, -0.25) is 0 Å². The van der Waals surface area contributed by atoms with Crippen molar-refractivity contribution in [3.8, 4) is 39.3 Å². The summed E-state index contributed by atoms with van der Waals surface area (Å²) in [5.41, 5.74) is 15.9. The van der Waals surface area contributed by atoms with Crippen LogP contribution < -0.4 is 0 Å². The van der Waals surface area contributed by atoms with Gasteiger partial charge in [0.25, 0.3) is 0 Å². The van der Waals surface area contributed by atoms with Crippen molar-refractivity contribution in [1.82, 2.24) is 13.7 Å². The summed E-state index contributed by atoms with van der Waals surface area (Å²) in [7, 11) is 0. The molecule has 0 N–H and O–H groups in total. The van der Waals surface area contributed by atoms with Gasteiger partial charge in [-0.05, 0) is 123 Å². The van der Waals surface area contributed by atoms with Crippen LogP contribution in [0.5, 0.6) is 0 Å². The molecule has 11 aromatic carbocycles. The van der Waals surface area contributed by atoms with E-state index in [4.69, 9.17) is 0 Å². The van der Waals surface area contributed by atoms with Gasteiger partial charge < -0.3 is 13.7 Å². The zero-order chi connectivity index (χ0) is 44.3. The summed E-state index contributed by atoms with van der Waals surface area (Å²) < 4.78 is 7.31. The van der Waals surface area contributed by atoms with Crippen LogP contribution in [0.4, 0.5) is 0 Å². The minimum absolute atomic E-state index is 1.13. The fourth-order valence-electron chi connectivity index (χ4n) is 11.5. The van der Waals surface area contributed by atoms with E-state index in [9.17, 15) is 0 Å². The van der Waals surface area contributed by atoms with Crippen LogP contribution in [-0.4, -0.2) is 13.7 Å². The molecule has 14 aromatic rings. The molecule has 0 amide bonds. The average molecular weight is 854 g/mol. The van der Waals surface area contributed by atoms with Crippen LogP contribution in [0.25, 0.3) is 126 Å². The third-order valence-corrected chi connectivity index (χ3v) is 14.6. The molecule has 0 saturated heterocycles. The van der Waals surface area contributed by atoms with Crippen molar-refractivity contribution in [3.63, 3.8) is 0 Å². The van der Waals surface area contributed by atoms with Gasteiger partial charge >= 0.3 is 0 Å². The number of hydrogen-bond donors (Lipinski definition) is 0. The van der Waals surface area contributed by atoms with Gasteiger partial charge in [0.1, 0.15) is 0 Å². The molecular formula is C64H43N3. The Morgan fingerprint density at radius 2 is 0.776 bits per heavy atom. The van der Waals surface area contributed by atoms with Crippen molar-refractivity contribution in [1.29, 1.82) is 0 Å². The zero-order valence-corrected chi connectivity index (χ0v) is 37.2. The quantitative estimate of drug-likeness (QED) is 0.164. The maximum atomic E-state index is 2.50. The van der Waals surface area contributed by atoms with E-state index in [1.54, 1.807) is 0 Å². The highest BCUT2D eigenvalue weighted by atomic mass is 15.0. The minimum Gasteiger partial charge on any atom is -0.316 e. The standard InChI is InChI=1S/C64H43N3/c1-40-24-25-44-14-6-8-19-50(44)58(40)59-41(2)49-18-10-11-21-52(49)55-36-38-65(62(55)59)46-31-26-42(27-32-46)43-28-33-47(34-29-43)66-39-37-56-53-22-12-13-23-54(53)64-60(63(56)66)57-35-30-45-15-7-9-20-51(45)61(57)67(64)48-16-4-3-5-17-48/h3-39H,1-2H3. The Morgan fingerprint density at radius 1 is 0.284 bits per heavy atom. The van der Waals surface area contributed by atoms with Gasteiger partial charge in [-0.25, -0.2) is 0 Å². The van der Waals surface area contributed by atoms with Crippen LogP contribution in [0.1, 0.15) is 11.1 Å². The molecule has 3 nitrogen and oxygen atoms in total. The van der Waals surface area contributed by atoms with Crippen LogP contribution in [0.2, 0.25) is 0 Å². The van der Waals surface area contributed by atoms with E-state index < -0.39 is 0 Å². The lowest BCUT2D eigenvalue weighted by molar-refractivity contribution is 1.13. The van der Waals surface area contributed by atoms with Gasteiger partial charge in [0.2, 0.25) is 0 Å². The topological polar surface area (TPSA) is 14.8 Å². The number of benzene rings is 11. The summed E-state index contributed by atoms with van der Waals surface area (Å²) in [6.45, 7) is 4.55. The number of aryl methyl sites for hydroxylation is 2. The number of rotatable bonds is 5. The van der Waals surface area contributed by atoms with Crippen LogP contribution in [0.15, 0.2) is 225 Å². The lowest BCUT2D eigenvalue weighted by Crippen LogP contribution is -1.98. The van der Waals surface area contributed by atoms with Crippen molar-refractivity contribution in [2.75, 3.05) is 0 Å². The molecule has 0 fully saturated rings. The lowest BCUT2D eigenvalue weighted by atomic mass is 9.87. The Labute approximate surface area is 387 Å². The molecular weight excluding hydrogens is 811 g/mol. The van der Waals surface area contributed by atoms with E-state index >= 15 is 0 Å². The van der Waals surface area contributed by atoms with E-state index in [1.165, 1.54) is 120 Å². The minimum atomic E-state index is 1.13. The molecule has 314 valence electrons. The fourth-order valence-corrected chi connectivity index (χ4v) is 11.5. The number of fused-ring (bicyclic) bond motifs is 14. The smallest absolute Gasteiger partial charge is 0.0641 e. The second-order valence-electron chi connectivity index (χ2n) is 18.1. The molecule has 0 spiro atoms. The summed E-state index contributed by atoms with van der Waals surface area (Å²) in [5.74, 6) is 0. The van der Waals surface area contributed by atoms with Gasteiger partial charge in [0.15, 0.2) is 0 Å². The van der Waals surface area contributed by atoms with E-state index in [-0.39, 0.29) is 0 Å².